The minimum Gasteiger partial charge on any atom is -0.363 e. The summed E-state index contributed by atoms with van der Waals surface area (Å²) in [5, 5.41) is 11.3. The van der Waals surface area contributed by atoms with E-state index in [-0.39, 0.29) is 17.5 Å². The van der Waals surface area contributed by atoms with E-state index in [9.17, 15) is 28.1 Å². The number of carbonyl (C=O) groups excluding carboxylic acids is 1. The Morgan fingerprint density at radius 1 is 1.14 bits per heavy atom. The van der Waals surface area contributed by atoms with Crippen LogP contribution in [0.3, 0.4) is 0 Å². The molecule has 1 amide bonds. The third kappa shape index (κ3) is 3.30. The molecule has 28 heavy (non-hydrogen) atoms. The van der Waals surface area contributed by atoms with Crippen LogP contribution >= 0.6 is 0 Å². The molecule has 0 aromatic heterocycles. The predicted molar refractivity (Wildman–Crippen MR) is 94.7 cm³/mol. The monoisotopic (exact) mass is 398 g/mol. The smallest absolute Gasteiger partial charge is 0.363 e. The molecule has 2 unspecified atom stereocenters. The molecule has 2 aliphatic heterocycles. The highest BCUT2D eigenvalue weighted by atomic mass is 19.4. The summed E-state index contributed by atoms with van der Waals surface area (Å²) in [7, 11) is 0. The molecule has 0 bridgehead atoms. The van der Waals surface area contributed by atoms with Crippen molar-refractivity contribution in [2.75, 3.05) is 37.7 Å². The topological polar surface area (TPSA) is 69.9 Å². The first-order chi connectivity index (χ1) is 13.3. The minimum atomic E-state index is -4.62. The normalized spacial score (nSPS) is 25.6. The van der Waals surface area contributed by atoms with E-state index >= 15 is 0 Å². The number of carbonyl (C=O) groups is 1. The highest BCUT2D eigenvalue weighted by molar-refractivity contribution is 5.86. The van der Waals surface area contributed by atoms with E-state index in [1.807, 2.05) is 4.90 Å². The van der Waals surface area contributed by atoms with E-state index in [1.54, 1.807) is 4.90 Å². The first kappa shape index (κ1) is 19.0. The second-order valence-corrected chi connectivity index (χ2v) is 7.62. The molecule has 1 aliphatic carbocycles. The number of amides is 1. The molecule has 3 aliphatic rings. The van der Waals surface area contributed by atoms with Gasteiger partial charge in [0.05, 0.1) is 23.1 Å². The number of hydrogen-bond acceptors (Lipinski definition) is 5. The van der Waals surface area contributed by atoms with Gasteiger partial charge in [0.1, 0.15) is 5.69 Å². The SMILES string of the molecule is O=C1C2CCCC2N1CN1CCN(c2ccc(C(F)(F)F)cc2[N+](=O)[O-])CC1. The fourth-order valence-corrected chi connectivity index (χ4v) is 4.53. The average molecular weight is 398 g/mol. The summed E-state index contributed by atoms with van der Waals surface area (Å²) in [5.74, 6) is 0.402. The number of nitro benzene ring substituents is 1. The van der Waals surface area contributed by atoms with Gasteiger partial charge in [-0.3, -0.25) is 19.8 Å². The number of rotatable bonds is 4. The molecule has 2 atom stereocenters. The fourth-order valence-electron chi connectivity index (χ4n) is 4.53. The Labute approximate surface area is 159 Å². The summed E-state index contributed by atoms with van der Waals surface area (Å²) in [5.41, 5.74) is -1.35. The van der Waals surface area contributed by atoms with Gasteiger partial charge < -0.3 is 9.80 Å². The zero-order valence-electron chi connectivity index (χ0n) is 15.2. The van der Waals surface area contributed by atoms with Gasteiger partial charge >= 0.3 is 6.18 Å². The van der Waals surface area contributed by atoms with Gasteiger partial charge in [-0.2, -0.15) is 13.2 Å². The lowest BCUT2D eigenvalue weighted by atomic mass is 9.91. The highest BCUT2D eigenvalue weighted by Gasteiger charge is 2.49. The summed E-state index contributed by atoms with van der Waals surface area (Å²) >= 11 is 0. The Morgan fingerprint density at radius 2 is 1.86 bits per heavy atom. The summed E-state index contributed by atoms with van der Waals surface area (Å²) in [4.78, 5) is 28.5. The van der Waals surface area contributed by atoms with Crippen molar-refractivity contribution in [3.63, 3.8) is 0 Å². The number of likely N-dealkylation sites (tertiary alicyclic amines) is 1. The zero-order valence-corrected chi connectivity index (χ0v) is 15.2. The number of hydrogen-bond donors (Lipinski definition) is 0. The minimum absolute atomic E-state index is 0.191. The molecule has 152 valence electrons. The van der Waals surface area contributed by atoms with Crippen molar-refractivity contribution in [3.8, 4) is 0 Å². The second-order valence-electron chi connectivity index (χ2n) is 7.62. The summed E-state index contributed by atoms with van der Waals surface area (Å²) < 4.78 is 38.6. The van der Waals surface area contributed by atoms with Gasteiger partial charge in [-0.15, -0.1) is 0 Å². The first-order valence-corrected chi connectivity index (χ1v) is 9.39. The van der Waals surface area contributed by atoms with Crippen LogP contribution in [0.4, 0.5) is 24.5 Å². The number of halogens is 3. The van der Waals surface area contributed by atoms with E-state index in [2.05, 4.69) is 4.90 Å². The van der Waals surface area contributed by atoms with Crippen LogP contribution in [0.25, 0.3) is 0 Å². The number of nitro groups is 1. The molecule has 10 heteroatoms. The molecule has 2 saturated heterocycles. The molecule has 3 fully saturated rings. The first-order valence-electron chi connectivity index (χ1n) is 9.39. The van der Waals surface area contributed by atoms with Gasteiger partial charge in [-0.1, -0.05) is 6.42 Å². The van der Waals surface area contributed by atoms with Crippen LogP contribution in [0.15, 0.2) is 18.2 Å². The molecule has 1 saturated carbocycles. The second kappa shape index (κ2) is 6.91. The van der Waals surface area contributed by atoms with E-state index < -0.39 is 22.4 Å². The van der Waals surface area contributed by atoms with Crippen molar-refractivity contribution >= 4 is 17.3 Å². The van der Waals surface area contributed by atoms with Crippen molar-refractivity contribution in [2.24, 2.45) is 5.92 Å². The summed E-state index contributed by atoms with van der Waals surface area (Å²) in [6.45, 7) is 2.67. The van der Waals surface area contributed by atoms with Crippen LogP contribution in [-0.4, -0.2) is 59.5 Å². The maximum absolute atomic E-state index is 12.9. The van der Waals surface area contributed by atoms with Crippen molar-refractivity contribution in [1.29, 1.82) is 0 Å². The van der Waals surface area contributed by atoms with Crippen LogP contribution in [-0.2, 0) is 11.0 Å². The zero-order chi connectivity index (χ0) is 20.1. The number of β-lactam (4-membered cyclic amide) rings is 1. The average Bonchev–Trinajstić information content (AvgIpc) is 3.10. The Bertz CT molecular complexity index is 793. The number of nitrogens with zero attached hydrogens (tertiary/aromatic N) is 4. The molecule has 4 rings (SSSR count). The molecule has 7 nitrogen and oxygen atoms in total. The lowest BCUT2D eigenvalue weighted by molar-refractivity contribution is -0.384. The van der Waals surface area contributed by atoms with Crippen LogP contribution in [0.1, 0.15) is 24.8 Å². The molecule has 0 spiro atoms. The number of fused-ring (bicyclic) bond motifs is 1. The largest absolute Gasteiger partial charge is 0.416 e. The van der Waals surface area contributed by atoms with Gasteiger partial charge in [0.25, 0.3) is 5.69 Å². The van der Waals surface area contributed by atoms with Crippen molar-refractivity contribution in [3.05, 3.63) is 33.9 Å². The van der Waals surface area contributed by atoms with Crippen molar-refractivity contribution in [2.45, 2.75) is 31.5 Å². The third-order valence-electron chi connectivity index (χ3n) is 6.04. The number of anilines is 1. The van der Waals surface area contributed by atoms with Gasteiger partial charge in [-0.25, -0.2) is 0 Å². The van der Waals surface area contributed by atoms with Crippen molar-refractivity contribution < 1.29 is 22.9 Å². The molecule has 1 aromatic rings. The predicted octanol–water partition coefficient (Wildman–Crippen LogP) is 2.70. The van der Waals surface area contributed by atoms with Crippen LogP contribution in [0, 0.1) is 16.0 Å². The quantitative estimate of drug-likeness (QED) is 0.443. The summed E-state index contributed by atoms with van der Waals surface area (Å²) in [6, 6.07) is 3.01. The van der Waals surface area contributed by atoms with E-state index in [1.165, 1.54) is 6.07 Å². The maximum atomic E-state index is 12.9. The van der Waals surface area contributed by atoms with Crippen molar-refractivity contribution in [1.82, 2.24) is 9.80 Å². The molecular formula is C18H21F3N4O3. The molecule has 1 aromatic carbocycles. The van der Waals surface area contributed by atoms with Gasteiger partial charge in [0.15, 0.2) is 0 Å². The Hall–Kier alpha value is -2.36. The van der Waals surface area contributed by atoms with Crippen LogP contribution < -0.4 is 4.90 Å². The Morgan fingerprint density at radius 3 is 2.50 bits per heavy atom. The number of benzene rings is 1. The van der Waals surface area contributed by atoms with E-state index in [0.29, 0.717) is 45.0 Å². The van der Waals surface area contributed by atoms with Gasteiger partial charge in [0.2, 0.25) is 5.91 Å². The lowest BCUT2D eigenvalue weighted by Gasteiger charge is -2.47. The molecule has 0 radical (unpaired) electrons. The van der Waals surface area contributed by atoms with E-state index in [4.69, 9.17) is 0 Å². The standard InChI is InChI=1S/C18H21F3N4O3/c19-18(20,21)12-4-5-15(16(10-12)25(27)28)23-8-6-22(7-9-23)11-24-14-3-1-2-13(14)17(24)26/h4-5,10,13-14H,1-3,6-9,11H2. The van der Waals surface area contributed by atoms with E-state index in [0.717, 1.165) is 25.3 Å². The highest BCUT2D eigenvalue weighted by Crippen LogP contribution is 2.40. The molecular weight excluding hydrogens is 377 g/mol. The van der Waals surface area contributed by atoms with Crippen LogP contribution in [0.5, 0.6) is 0 Å². The maximum Gasteiger partial charge on any atom is 0.416 e. The Balaban J connectivity index is 1.41. The molecule has 0 N–H and O–H groups in total. The van der Waals surface area contributed by atoms with Gasteiger partial charge in [-0.05, 0) is 25.0 Å². The summed E-state index contributed by atoms with van der Waals surface area (Å²) in [6.07, 6.45) is -1.51. The lowest BCUT2D eigenvalue weighted by Crippen LogP contribution is -2.62. The fraction of sp³-hybridized carbons (Fsp3) is 0.611. The number of piperazine rings is 1. The molecule has 2 heterocycles. The van der Waals surface area contributed by atoms with Crippen LogP contribution in [0.2, 0.25) is 0 Å². The number of alkyl halides is 3. The Kier molecular flexibility index (Phi) is 4.68. The van der Waals surface area contributed by atoms with Gasteiger partial charge in [0, 0.05) is 38.3 Å². The third-order valence-corrected chi connectivity index (χ3v) is 6.04.